The van der Waals surface area contributed by atoms with Crippen molar-refractivity contribution in [3.05, 3.63) is 34.9 Å². The summed E-state index contributed by atoms with van der Waals surface area (Å²) in [6.45, 7) is 6.97. The number of nitrogens with one attached hydrogen (secondary N) is 2. The lowest BCUT2D eigenvalue weighted by atomic mass is 10.0. The van der Waals surface area contributed by atoms with Crippen molar-refractivity contribution < 1.29 is 4.79 Å². The zero-order chi connectivity index (χ0) is 16.2. The summed E-state index contributed by atoms with van der Waals surface area (Å²) in [5.74, 6) is 0.213. The highest BCUT2D eigenvalue weighted by Gasteiger charge is 2.33. The zero-order valence-corrected chi connectivity index (χ0v) is 14.4. The minimum atomic E-state index is -0.145. The van der Waals surface area contributed by atoms with E-state index in [1.165, 1.54) is 6.42 Å². The average Bonchev–Trinajstić information content (AvgIpc) is 3.06. The minimum Gasteiger partial charge on any atom is -0.339 e. The number of amides is 1. The predicted octanol–water partition coefficient (Wildman–Crippen LogP) is 1.80. The van der Waals surface area contributed by atoms with E-state index < -0.39 is 0 Å². The van der Waals surface area contributed by atoms with Crippen molar-refractivity contribution in [3.63, 3.8) is 0 Å². The third kappa shape index (κ3) is 4.04. The molecule has 3 rings (SSSR count). The molecule has 0 spiro atoms. The van der Waals surface area contributed by atoms with Crippen LogP contribution in [0.3, 0.4) is 0 Å². The molecule has 23 heavy (non-hydrogen) atoms. The summed E-state index contributed by atoms with van der Waals surface area (Å²) in [4.78, 5) is 17.1. The smallest absolute Gasteiger partial charge is 0.241 e. The number of carbonyl (C=O) groups excluding carboxylic acids is 1. The molecule has 0 bridgehead atoms. The van der Waals surface area contributed by atoms with Crippen molar-refractivity contribution in [1.82, 2.24) is 20.7 Å². The van der Waals surface area contributed by atoms with Gasteiger partial charge in [-0.3, -0.25) is 9.69 Å². The zero-order valence-electron chi connectivity index (χ0n) is 13.6. The lowest BCUT2D eigenvalue weighted by Crippen LogP contribution is -2.53. The normalized spacial score (nSPS) is 25.7. The summed E-state index contributed by atoms with van der Waals surface area (Å²) >= 11 is 5.93. The Kier molecular flexibility index (Phi) is 5.54. The van der Waals surface area contributed by atoms with Gasteiger partial charge < -0.3 is 4.90 Å². The molecule has 0 radical (unpaired) electrons. The van der Waals surface area contributed by atoms with Crippen LogP contribution in [0.25, 0.3) is 0 Å². The van der Waals surface area contributed by atoms with Gasteiger partial charge in [-0.1, -0.05) is 30.7 Å². The van der Waals surface area contributed by atoms with E-state index in [1.54, 1.807) is 0 Å². The van der Waals surface area contributed by atoms with Crippen LogP contribution in [0.1, 0.15) is 31.4 Å². The molecule has 0 aliphatic carbocycles. The molecule has 5 nitrogen and oxygen atoms in total. The van der Waals surface area contributed by atoms with Gasteiger partial charge in [-0.25, -0.2) is 10.9 Å². The number of hydrazine groups is 1. The first-order valence-electron chi connectivity index (χ1n) is 8.45. The van der Waals surface area contributed by atoms with Crippen molar-refractivity contribution in [1.29, 1.82) is 0 Å². The van der Waals surface area contributed by atoms with Gasteiger partial charge >= 0.3 is 0 Å². The third-order valence-corrected chi connectivity index (χ3v) is 4.95. The fourth-order valence-electron chi connectivity index (χ4n) is 3.36. The van der Waals surface area contributed by atoms with Crippen LogP contribution in [0.5, 0.6) is 0 Å². The van der Waals surface area contributed by atoms with Gasteiger partial charge in [0.25, 0.3) is 0 Å². The SMILES string of the molecule is CCCN1CCN(C(=O)C2CC(c3ccc(Cl)cc3)NN2)CC1. The van der Waals surface area contributed by atoms with Gasteiger partial charge in [-0.2, -0.15) is 0 Å². The van der Waals surface area contributed by atoms with Gasteiger partial charge in [0.15, 0.2) is 0 Å². The summed E-state index contributed by atoms with van der Waals surface area (Å²) in [5, 5.41) is 0.734. The van der Waals surface area contributed by atoms with Gasteiger partial charge in [0.05, 0.1) is 0 Å². The molecule has 2 saturated heterocycles. The van der Waals surface area contributed by atoms with Crippen LogP contribution in [0.4, 0.5) is 0 Å². The second-order valence-corrected chi connectivity index (χ2v) is 6.78. The molecular formula is C17H25ClN4O. The van der Waals surface area contributed by atoms with Crippen LogP contribution in [-0.4, -0.2) is 54.5 Å². The largest absolute Gasteiger partial charge is 0.339 e. The Labute approximate surface area is 142 Å². The standard InChI is InChI=1S/C17H25ClN4O/c1-2-7-21-8-10-22(11-9-21)17(23)16-12-15(19-20-16)13-3-5-14(18)6-4-13/h3-6,15-16,19-20H,2,7-12H2,1H3. The molecule has 2 N–H and O–H groups in total. The quantitative estimate of drug-likeness (QED) is 0.880. The lowest BCUT2D eigenvalue weighted by Gasteiger charge is -2.35. The summed E-state index contributed by atoms with van der Waals surface area (Å²) in [6, 6.07) is 7.81. The van der Waals surface area contributed by atoms with Crippen molar-refractivity contribution >= 4 is 17.5 Å². The molecular weight excluding hydrogens is 312 g/mol. The van der Waals surface area contributed by atoms with Crippen LogP contribution >= 0.6 is 11.6 Å². The molecule has 0 saturated carbocycles. The highest BCUT2D eigenvalue weighted by atomic mass is 35.5. The number of carbonyl (C=O) groups is 1. The molecule has 1 aromatic rings. The monoisotopic (exact) mass is 336 g/mol. The van der Waals surface area contributed by atoms with E-state index >= 15 is 0 Å². The van der Waals surface area contributed by atoms with Gasteiger partial charge in [0, 0.05) is 37.2 Å². The molecule has 1 amide bonds. The Bertz CT molecular complexity index is 528. The van der Waals surface area contributed by atoms with E-state index in [9.17, 15) is 4.79 Å². The molecule has 2 atom stereocenters. The van der Waals surface area contributed by atoms with Crippen LogP contribution in [-0.2, 0) is 4.79 Å². The molecule has 2 fully saturated rings. The number of nitrogens with zero attached hydrogens (tertiary/aromatic N) is 2. The second kappa shape index (κ2) is 7.62. The number of piperazine rings is 1. The highest BCUT2D eigenvalue weighted by Crippen LogP contribution is 2.24. The summed E-state index contributed by atoms with van der Waals surface area (Å²) in [6.07, 6.45) is 1.94. The fourth-order valence-corrected chi connectivity index (χ4v) is 3.49. The highest BCUT2D eigenvalue weighted by molar-refractivity contribution is 6.30. The van der Waals surface area contributed by atoms with E-state index in [1.807, 2.05) is 29.2 Å². The van der Waals surface area contributed by atoms with Gasteiger partial charge in [0.1, 0.15) is 6.04 Å². The summed E-state index contributed by atoms with van der Waals surface area (Å²) in [7, 11) is 0. The number of benzene rings is 1. The Balaban J connectivity index is 1.52. The van der Waals surface area contributed by atoms with Crippen molar-refractivity contribution in [3.8, 4) is 0 Å². The topological polar surface area (TPSA) is 47.6 Å². The first-order chi connectivity index (χ1) is 11.2. The van der Waals surface area contributed by atoms with Gasteiger partial charge in [0.2, 0.25) is 5.91 Å². The second-order valence-electron chi connectivity index (χ2n) is 6.35. The number of halogens is 1. The van der Waals surface area contributed by atoms with E-state index in [2.05, 4.69) is 22.7 Å². The Hall–Kier alpha value is -1.14. The van der Waals surface area contributed by atoms with E-state index in [4.69, 9.17) is 11.6 Å². The Morgan fingerprint density at radius 1 is 1.17 bits per heavy atom. The van der Waals surface area contributed by atoms with Crippen LogP contribution in [0.2, 0.25) is 5.02 Å². The maximum atomic E-state index is 12.7. The van der Waals surface area contributed by atoms with Crippen LogP contribution in [0.15, 0.2) is 24.3 Å². The van der Waals surface area contributed by atoms with Crippen molar-refractivity contribution in [2.24, 2.45) is 0 Å². The van der Waals surface area contributed by atoms with Crippen LogP contribution < -0.4 is 10.9 Å². The minimum absolute atomic E-state index is 0.145. The molecule has 126 valence electrons. The Morgan fingerprint density at radius 3 is 2.52 bits per heavy atom. The molecule has 2 unspecified atom stereocenters. The van der Waals surface area contributed by atoms with Gasteiger partial charge in [-0.05, 0) is 37.1 Å². The van der Waals surface area contributed by atoms with Gasteiger partial charge in [-0.15, -0.1) is 0 Å². The molecule has 2 aliphatic rings. The van der Waals surface area contributed by atoms with E-state index in [0.29, 0.717) is 0 Å². The average molecular weight is 337 g/mol. The third-order valence-electron chi connectivity index (χ3n) is 4.70. The molecule has 1 aromatic carbocycles. The number of rotatable bonds is 4. The first-order valence-corrected chi connectivity index (χ1v) is 8.83. The summed E-state index contributed by atoms with van der Waals surface area (Å²) in [5.41, 5.74) is 7.56. The molecule has 2 heterocycles. The van der Waals surface area contributed by atoms with E-state index in [0.717, 1.165) is 49.7 Å². The van der Waals surface area contributed by atoms with Crippen molar-refractivity contribution in [2.45, 2.75) is 31.8 Å². The Morgan fingerprint density at radius 2 is 1.87 bits per heavy atom. The van der Waals surface area contributed by atoms with Crippen molar-refractivity contribution in [2.75, 3.05) is 32.7 Å². The maximum Gasteiger partial charge on any atom is 0.241 e. The number of hydrogen-bond acceptors (Lipinski definition) is 4. The molecule has 0 aromatic heterocycles. The summed E-state index contributed by atoms with van der Waals surface area (Å²) < 4.78 is 0. The van der Waals surface area contributed by atoms with Crippen LogP contribution in [0, 0.1) is 0 Å². The molecule has 6 heteroatoms. The predicted molar refractivity (Wildman–Crippen MR) is 92.2 cm³/mol. The first kappa shape index (κ1) is 16.7. The van der Waals surface area contributed by atoms with E-state index in [-0.39, 0.29) is 18.0 Å². The fraction of sp³-hybridized carbons (Fsp3) is 0.588. The maximum absolute atomic E-state index is 12.7. The lowest BCUT2D eigenvalue weighted by molar-refractivity contribution is -0.134. The number of hydrogen-bond donors (Lipinski definition) is 2. The molecule has 2 aliphatic heterocycles.